The Balaban J connectivity index is 2.50. The number of benzene rings is 1. The summed E-state index contributed by atoms with van der Waals surface area (Å²) in [5.74, 6) is 0. The van der Waals surface area contributed by atoms with Crippen molar-refractivity contribution in [3.63, 3.8) is 0 Å². The fourth-order valence-corrected chi connectivity index (χ4v) is 2.08. The fraction of sp³-hybridized carbons (Fsp3) is 0.538. The quantitative estimate of drug-likeness (QED) is 0.748. The van der Waals surface area contributed by atoms with E-state index in [0.29, 0.717) is 12.2 Å². The Bertz CT molecular complexity index is 374. The first-order valence-electron chi connectivity index (χ1n) is 5.75. The van der Waals surface area contributed by atoms with Crippen LogP contribution in [-0.2, 0) is 0 Å². The minimum absolute atomic E-state index is 0.131. The van der Waals surface area contributed by atoms with Gasteiger partial charge in [0.05, 0.1) is 17.5 Å². The second-order valence-corrected chi connectivity index (χ2v) is 6.45. The van der Waals surface area contributed by atoms with Crippen LogP contribution in [0.4, 0.5) is 11.4 Å². The van der Waals surface area contributed by atoms with Crippen LogP contribution in [0.1, 0.15) is 27.2 Å². The first kappa shape index (κ1) is 14.3. The van der Waals surface area contributed by atoms with E-state index in [0.717, 1.165) is 16.6 Å². The molecule has 4 heteroatoms. The van der Waals surface area contributed by atoms with Crippen molar-refractivity contribution in [2.75, 3.05) is 17.6 Å². The number of nitrogens with two attached hydrogens (primary N) is 1. The van der Waals surface area contributed by atoms with E-state index < -0.39 is 0 Å². The van der Waals surface area contributed by atoms with E-state index in [2.05, 4.69) is 42.0 Å². The minimum atomic E-state index is -0.363. The van der Waals surface area contributed by atoms with E-state index in [4.69, 9.17) is 5.73 Å². The number of nitrogen functional groups attached to an aromatic ring is 1. The van der Waals surface area contributed by atoms with E-state index >= 15 is 0 Å². The molecular formula is C13H21BrN2O. The van der Waals surface area contributed by atoms with Crippen molar-refractivity contribution in [3.8, 4) is 0 Å². The van der Waals surface area contributed by atoms with Gasteiger partial charge < -0.3 is 16.2 Å². The van der Waals surface area contributed by atoms with Crippen molar-refractivity contribution < 1.29 is 5.11 Å². The van der Waals surface area contributed by atoms with Crippen LogP contribution < -0.4 is 11.1 Å². The summed E-state index contributed by atoms with van der Waals surface area (Å²) in [6, 6.07) is 5.68. The van der Waals surface area contributed by atoms with Crippen LogP contribution in [-0.4, -0.2) is 17.8 Å². The van der Waals surface area contributed by atoms with Crippen molar-refractivity contribution in [3.05, 3.63) is 22.7 Å². The molecular weight excluding hydrogens is 280 g/mol. The summed E-state index contributed by atoms with van der Waals surface area (Å²) in [4.78, 5) is 0. The van der Waals surface area contributed by atoms with Crippen LogP contribution in [0.25, 0.3) is 0 Å². The molecule has 1 rings (SSSR count). The van der Waals surface area contributed by atoms with Gasteiger partial charge in [0.2, 0.25) is 0 Å². The van der Waals surface area contributed by atoms with Crippen molar-refractivity contribution >= 4 is 27.3 Å². The molecule has 1 unspecified atom stereocenters. The number of nitrogens with one attached hydrogen (secondary N) is 1. The predicted molar refractivity (Wildman–Crippen MR) is 77.1 cm³/mol. The molecule has 1 atom stereocenters. The molecule has 0 spiro atoms. The highest BCUT2D eigenvalue weighted by Crippen LogP contribution is 2.24. The number of halogens is 1. The molecule has 17 heavy (non-hydrogen) atoms. The molecule has 0 aromatic heterocycles. The summed E-state index contributed by atoms with van der Waals surface area (Å²) >= 11 is 3.36. The monoisotopic (exact) mass is 300 g/mol. The molecule has 4 N–H and O–H groups in total. The first-order valence-corrected chi connectivity index (χ1v) is 6.54. The Morgan fingerprint density at radius 2 is 2.06 bits per heavy atom. The van der Waals surface area contributed by atoms with E-state index in [1.165, 1.54) is 0 Å². The van der Waals surface area contributed by atoms with Gasteiger partial charge in [-0.1, -0.05) is 36.7 Å². The van der Waals surface area contributed by atoms with Crippen LogP contribution in [0.3, 0.4) is 0 Å². The van der Waals surface area contributed by atoms with E-state index in [9.17, 15) is 5.11 Å². The lowest BCUT2D eigenvalue weighted by atomic mass is 9.89. The van der Waals surface area contributed by atoms with Crippen molar-refractivity contribution in [2.24, 2.45) is 5.41 Å². The summed E-state index contributed by atoms with van der Waals surface area (Å²) in [7, 11) is 0. The SMILES string of the molecule is CC(C)(C)CC(O)CNc1ccc(Br)cc1N. The number of anilines is 2. The molecule has 1 aromatic carbocycles. The highest BCUT2D eigenvalue weighted by molar-refractivity contribution is 9.10. The van der Waals surface area contributed by atoms with E-state index in [1.807, 2.05) is 18.2 Å². The fourth-order valence-electron chi connectivity index (χ4n) is 1.70. The Kier molecular flexibility index (Phi) is 4.83. The second-order valence-electron chi connectivity index (χ2n) is 5.53. The van der Waals surface area contributed by atoms with Gasteiger partial charge in [0.15, 0.2) is 0 Å². The molecule has 0 aliphatic rings. The molecule has 0 aliphatic carbocycles. The van der Waals surface area contributed by atoms with Gasteiger partial charge in [-0.3, -0.25) is 0 Å². The molecule has 0 saturated carbocycles. The molecule has 0 amide bonds. The maximum atomic E-state index is 9.88. The van der Waals surface area contributed by atoms with Gasteiger partial charge in [0.1, 0.15) is 0 Å². The van der Waals surface area contributed by atoms with Gasteiger partial charge >= 0.3 is 0 Å². The average molecular weight is 301 g/mol. The number of aliphatic hydroxyl groups is 1. The molecule has 0 bridgehead atoms. The molecule has 0 fully saturated rings. The van der Waals surface area contributed by atoms with Gasteiger partial charge in [0, 0.05) is 11.0 Å². The first-order chi connectivity index (χ1) is 7.78. The Morgan fingerprint density at radius 1 is 1.41 bits per heavy atom. The lowest BCUT2D eigenvalue weighted by molar-refractivity contribution is 0.132. The zero-order chi connectivity index (χ0) is 13.1. The molecule has 0 heterocycles. The molecule has 3 nitrogen and oxygen atoms in total. The average Bonchev–Trinajstić information content (AvgIpc) is 2.13. The van der Waals surface area contributed by atoms with Gasteiger partial charge in [-0.25, -0.2) is 0 Å². The summed E-state index contributed by atoms with van der Waals surface area (Å²) in [5.41, 5.74) is 7.54. The largest absolute Gasteiger partial charge is 0.397 e. The molecule has 0 radical (unpaired) electrons. The van der Waals surface area contributed by atoms with Crippen molar-refractivity contribution in [1.29, 1.82) is 0 Å². The zero-order valence-electron chi connectivity index (χ0n) is 10.6. The molecule has 1 aromatic rings. The van der Waals surface area contributed by atoms with Crippen LogP contribution in [0.15, 0.2) is 22.7 Å². The minimum Gasteiger partial charge on any atom is -0.397 e. The van der Waals surface area contributed by atoms with E-state index in [1.54, 1.807) is 0 Å². The lowest BCUT2D eigenvalue weighted by Gasteiger charge is -2.23. The van der Waals surface area contributed by atoms with Crippen LogP contribution in [0, 0.1) is 5.41 Å². The Hall–Kier alpha value is -0.740. The molecule has 96 valence electrons. The Labute approximate surface area is 112 Å². The van der Waals surface area contributed by atoms with Crippen LogP contribution >= 0.6 is 15.9 Å². The second kappa shape index (κ2) is 5.74. The van der Waals surface area contributed by atoms with Gasteiger partial charge in [-0.2, -0.15) is 0 Å². The third-order valence-electron chi connectivity index (χ3n) is 2.39. The third-order valence-corrected chi connectivity index (χ3v) is 2.88. The smallest absolute Gasteiger partial charge is 0.0717 e. The normalized spacial score (nSPS) is 13.5. The van der Waals surface area contributed by atoms with Gasteiger partial charge in [-0.05, 0) is 30.0 Å². The lowest BCUT2D eigenvalue weighted by Crippen LogP contribution is -2.25. The van der Waals surface area contributed by atoms with Crippen LogP contribution in [0.5, 0.6) is 0 Å². The summed E-state index contributed by atoms with van der Waals surface area (Å²) in [6.07, 6.45) is 0.397. The van der Waals surface area contributed by atoms with Crippen molar-refractivity contribution in [2.45, 2.75) is 33.3 Å². The molecule has 0 aliphatic heterocycles. The van der Waals surface area contributed by atoms with E-state index in [-0.39, 0.29) is 11.5 Å². The highest BCUT2D eigenvalue weighted by atomic mass is 79.9. The van der Waals surface area contributed by atoms with Crippen LogP contribution in [0.2, 0.25) is 0 Å². The topological polar surface area (TPSA) is 58.3 Å². The highest BCUT2D eigenvalue weighted by Gasteiger charge is 2.16. The van der Waals surface area contributed by atoms with Gasteiger partial charge in [0.25, 0.3) is 0 Å². The number of aliphatic hydroxyl groups excluding tert-OH is 1. The van der Waals surface area contributed by atoms with Crippen molar-refractivity contribution in [1.82, 2.24) is 0 Å². The predicted octanol–water partition coefficient (Wildman–Crippen LogP) is 3.24. The number of rotatable bonds is 4. The zero-order valence-corrected chi connectivity index (χ0v) is 12.2. The maximum Gasteiger partial charge on any atom is 0.0717 e. The van der Waals surface area contributed by atoms with Gasteiger partial charge in [-0.15, -0.1) is 0 Å². The molecule has 0 saturated heterocycles. The summed E-state index contributed by atoms with van der Waals surface area (Å²) in [5, 5.41) is 13.0. The Morgan fingerprint density at radius 3 is 2.59 bits per heavy atom. The number of hydrogen-bond acceptors (Lipinski definition) is 3. The standard InChI is InChI=1S/C13H21BrN2O/c1-13(2,3)7-10(17)8-16-12-5-4-9(14)6-11(12)15/h4-6,10,16-17H,7-8,15H2,1-3H3. The maximum absolute atomic E-state index is 9.88. The number of hydrogen-bond donors (Lipinski definition) is 3. The summed E-state index contributed by atoms with van der Waals surface area (Å²) in [6.45, 7) is 6.86. The third kappa shape index (κ3) is 5.41. The summed E-state index contributed by atoms with van der Waals surface area (Å²) < 4.78 is 0.954.